The van der Waals surface area contributed by atoms with Gasteiger partial charge in [-0.3, -0.25) is 4.98 Å². The zero-order valence-corrected chi connectivity index (χ0v) is 11.0. The fraction of sp³-hybridized carbons (Fsp3) is 0.643. The molecule has 0 aliphatic carbocycles. The Kier molecular flexibility index (Phi) is 3.67. The first-order chi connectivity index (χ1) is 8.05. The summed E-state index contributed by atoms with van der Waals surface area (Å²) >= 11 is 0. The molecule has 1 N–H and O–H groups in total. The van der Waals surface area contributed by atoms with Gasteiger partial charge in [-0.05, 0) is 38.1 Å². The van der Waals surface area contributed by atoms with E-state index in [1.807, 2.05) is 12.3 Å². The second-order valence-corrected chi connectivity index (χ2v) is 5.70. The van der Waals surface area contributed by atoms with Crippen molar-refractivity contribution < 1.29 is 4.74 Å². The summed E-state index contributed by atoms with van der Waals surface area (Å²) < 4.78 is 5.92. The monoisotopic (exact) mass is 234 g/mol. The lowest BCUT2D eigenvalue weighted by Gasteiger charge is -2.24. The summed E-state index contributed by atoms with van der Waals surface area (Å²) in [5.41, 5.74) is 1.21. The molecular weight excluding hydrogens is 212 g/mol. The van der Waals surface area contributed by atoms with E-state index in [1.54, 1.807) is 0 Å². The van der Waals surface area contributed by atoms with E-state index in [0.29, 0.717) is 6.10 Å². The van der Waals surface area contributed by atoms with Crippen LogP contribution in [0.1, 0.15) is 39.3 Å². The van der Waals surface area contributed by atoms with Crippen LogP contribution in [0.4, 0.5) is 0 Å². The Morgan fingerprint density at radius 3 is 2.47 bits per heavy atom. The summed E-state index contributed by atoms with van der Waals surface area (Å²) in [4.78, 5) is 4.47. The van der Waals surface area contributed by atoms with Gasteiger partial charge in [0.25, 0.3) is 0 Å². The van der Waals surface area contributed by atoms with Crippen LogP contribution >= 0.6 is 0 Å². The molecule has 2 rings (SSSR count). The Balaban J connectivity index is 1.98. The lowest BCUT2D eigenvalue weighted by Crippen LogP contribution is -2.34. The van der Waals surface area contributed by atoms with E-state index < -0.39 is 0 Å². The normalized spacial score (nSPS) is 18.1. The fourth-order valence-corrected chi connectivity index (χ4v) is 2.00. The minimum absolute atomic E-state index is 0.104. The van der Waals surface area contributed by atoms with Crippen molar-refractivity contribution in [1.29, 1.82) is 0 Å². The van der Waals surface area contributed by atoms with Crippen LogP contribution in [0.15, 0.2) is 18.3 Å². The highest BCUT2D eigenvalue weighted by molar-refractivity contribution is 5.23. The van der Waals surface area contributed by atoms with Crippen LogP contribution < -0.4 is 10.1 Å². The Morgan fingerprint density at radius 1 is 1.24 bits per heavy atom. The Morgan fingerprint density at radius 2 is 1.94 bits per heavy atom. The third kappa shape index (κ3) is 3.43. The van der Waals surface area contributed by atoms with Crippen molar-refractivity contribution in [2.24, 2.45) is 0 Å². The van der Waals surface area contributed by atoms with Gasteiger partial charge in [-0.2, -0.15) is 0 Å². The number of hydrogen-bond donors (Lipinski definition) is 1. The van der Waals surface area contributed by atoms with Crippen LogP contribution in [-0.2, 0) is 5.41 Å². The van der Waals surface area contributed by atoms with Crippen LogP contribution in [0.5, 0.6) is 5.75 Å². The van der Waals surface area contributed by atoms with Crippen LogP contribution in [0.25, 0.3) is 0 Å². The molecule has 1 aromatic heterocycles. The molecule has 0 aromatic carbocycles. The average Bonchev–Trinajstić information content (AvgIpc) is 2.30. The number of rotatable bonds is 2. The second kappa shape index (κ2) is 5.05. The maximum Gasteiger partial charge on any atom is 0.138 e. The number of hydrogen-bond acceptors (Lipinski definition) is 3. The first-order valence-corrected chi connectivity index (χ1v) is 6.39. The number of nitrogens with zero attached hydrogens (tertiary/aromatic N) is 1. The molecule has 0 saturated carbocycles. The van der Waals surface area contributed by atoms with Gasteiger partial charge in [0.15, 0.2) is 0 Å². The minimum Gasteiger partial charge on any atom is -0.489 e. The van der Waals surface area contributed by atoms with Gasteiger partial charge in [-0.25, -0.2) is 0 Å². The lowest BCUT2D eigenvalue weighted by molar-refractivity contribution is 0.162. The molecule has 0 spiro atoms. The Labute approximate surface area is 104 Å². The van der Waals surface area contributed by atoms with Gasteiger partial charge in [0.1, 0.15) is 11.9 Å². The van der Waals surface area contributed by atoms with Crippen LogP contribution in [0.2, 0.25) is 0 Å². The van der Waals surface area contributed by atoms with Gasteiger partial charge in [0.05, 0.1) is 6.20 Å². The molecule has 0 unspecified atom stereocenters. The summed E-state index contributed by atoms with van der Waals surface area (Å²) in [6.45, 7) is 8.62. The van der Waals surface area contributed by atoms with E-state index in [1.165, 1.54) is 0 Å². The summed E-state index contributed by atoms with van der Waals surface area (Å²) in [5, 5.41) is 3.33. The number of pyridine rings is 1. The van der Waals surface area contributed by atoms with Crippen molar-refractivity contribution >= 4 is 0 Å². The smallest absolute Gasteiger partial charge is 0.138 e. The molecular formula is C14H22N2O. The van der Waals surface area contributed by atoms with Gasteiger partial charge in [0, 0.05) is 11.1 Å². The number of piperidine rings is 1. The van der Waals surface area contributed by atoms with Gasteiger partial charge in [-0.1, -0.05) is 20.8 Å². The highest BCUT2D eigenvalue weighted by Gasteiger charge is 2.17. The molecule has 1 aliphatic rings. The predicted molar refractivity (Wildman–Crippen MR) is 69.5 cm³/mol. The van der Waals surface area contributed by atoms with Gasteiger partial charge >= 0.3 is 0 Å². The quantitative estimate of drug-likeness (QED) is 0.853. The zero-order valence-electron chi connectivity index (χ0n) is 11.0. The number of aromatic nitrogens is 1. The van der Waals surface area contributed by atoms with Crippen molar-refractivity contribution in [3.05, 3.63) is 24.0 Å². The molecule has 1 aliphatic heterocycles. The van der Waals surface area contributed by atoms with E-state index in [4.69, 9.17) is 4.74 Å². The van der Waals surface area contributed by atoms with Gasteiger partial charge in [0.2, 0.25) is 0 Å². The first-order valence-electron chi connectivity index (χ1n) is 6.39. The summed E-state index contributed by atoms with van der Waals surface area (Å²) in [7, 11) is 0. The van der Waals surface area contributed by atoms with Gasteiger partial charge < -0.3 is 10.1 Å². The van der Waals surface area contributed by atoms with Crippen molar-refractivity contribution in [3.63, 3.8) is 0 Å². The number of ether oxygens (including phenoxy) is 1. The third-order valence-electron chi connectivity index (χ3n) is 3.09. The summed E-state index contributed by atoms with van der Waals surface area (Å²) in [5.74, 6) is 0.893. The highest BCUT2D eigenvalue weighted by Crippen LogP contribution is 2.22. The number of nitrogens with one attached hydrogen (secondary N) is 1. The minimum atomic E-state index is 0.104. The SMILES string of the molecule is CC(C)(C)c1ccc(OC2CCNCC2)cn1. The molecule has 0 bridgehead atoms. The molecule has 0 atom stereocenters. The van der Waals surface area contributed by atoms with Gasteiger partial charge in [-0.15, -0.1) is 0 Å². The van der Waals surface area contributed by atoms with Crippen LogP contribution in [-0.4, -0.2) is 24.2 Å². The van der Waals surface area contributed by atoms with Crippen LogP contribution in [0, 0.1) is 0 Å². The van der Waals surface area contributed by atoms with Crippen LogP contribution in [0.3, 0.4) is 0 Å². The average molecular weight is 234 g/mol. The second-order valence-electron chi connectivity index (χ2n) is 5.70. The van der Waals surface area contributed by atoms with Crippen molar-refractivity contribution in [2.45, 2.75) is 45.1 Å². The van der Waals surface area contributed by atoms with E-state index in [2.05, 4.69) is 37.1 Å². The summed E-state index contributed by atoms with van der Waals surface area (Å²) in [6, 6.07) is 4.10. The van der Waals surface area contributed by atoms with Crippen molar-refractivity contribution in [1.82, 2.24) is 10.3 Å². The Bertz CT molecular complexity index is 347. The van der Waals surface area contributed by atoms with Crippen molar-refractivity contribution in [3.8, 4) is 5.75 Å². The highest BCUT2D eigenvalue weighted by atomic mass is 16.5. The predicted octanol–water partition coefficient (Wildman–Crippen LogP) is 2.51. The molecule has 17 heavy (non-hydrogen) atoms. The molecule has 94 valence electrons. The van der Waals surface area contributed by atoms with E-state index >= 15 is 0 Å². The van der Waals surface area contributed by atoms with Crippen molar-refractivity contribution in [2.75, 3.05) is 13.1 Å². The maximum absolute atomic E-state index is 5.92. The first kappa shape index (κ1) is 12.4. The Hall–Kier alpha value is -1.09. The molecule has 1 saturated heterocycles. The third-order valence-corrected chi connectivity index (χ3v) is 3.09. The van der Waals surface area contributed by atoms with E-state index in [-0.39, 0.29) is 5.41 Å². The molecule has 1 fully saturated rings. The standard InChI is InChI=1S/C14H22N2O/c1-14(2,3)13-5-4-12(10-16-13)17-11-6-8-15-9-7-11/h4-5,10-11,15H,6-9H2,1-3H3. The molecule has 1 aromatic rings. The topological polar surface area (TPSA) is 34.1 Å². The molecule has 3 heteroatoms. The zero-order chi connectivity index (χ0) is 12.3. The molecule has 0 amide bonds. The summed E-state index contributed by atoms with van der Waals surface area (Å²) in [6.07, 6.45) is 4.36. The van der Waals surface area contributed by atoms with E-state index in [9.17, 15) is 0 Å². The molecule has 2 heterocycles. The fourth-order valence-electron chi connectivity index (χ4n) is 2.00. The van der Waals surface area contributed by atoms with E-state index in [0.717, 1.165) is 37.4 Å². The molecule has 0 radical (unpaired) electrons. The maximum atomic E-state index is 5.92. The largest absolute Gasteiger partial charge is 0.489 e. The molecule has 3 nitrogen and oxygen atoms in total. The lowest BCUT2D eigenvalue weighted by atomic mass is 9.92.